The van der Waals surface area contributed by atoms with Crippen molar-refractivity contribution >= 4 is 34.3 Å². The predicted molar refractivity (Wildman–Crippen MR) is 126 cm³/mol. The molecule has 30 heavy (non-hydrogen) atoms. The summed E-state index contributed by atoms with van der Waals surface area (Å²) in [6.07, 6.45) is 1.75. The van der Waals surface area contributed by atoms with Gasteiger partial charge in [0.05, 0.1) is 11.9 Å². The molecular formula is C24H20ClN3OS. The van der Waals surface area contributed by atoms with Crippen molar-refractivity contribution < 1.29 is 4.74 Å². The Hall–Kier alpha value is -3.15. The third-order valence-electron chi connectivity index (χ3n) is 4.43. The highest BCUT2D eigenvalue weighted by Crippen LogP contribution is 2.30. The fourth-order valence-electron chi connectivity index (χ4n) is 2.93. The van der Waals surface area contributed by atoms with E-state index in [1.165, 1.54) is 0 Å². The van der Waals surface area contributed by atoms with E-state index in [-0.39, 0.29) is 0 Å². The molecule has 150 valence electrons. The van der Waals surface area contributed by atoms with Gasteiger partial charge in [-0.15, -0.1) is 11.3 Å². The summed E-state index contributed by atoms with van der Waals surface area (Å²) in [4.78, 5) is 5.80. The van der Waals surface area contributed by atoms with Crippen molar-refractivity contribution in [1.82, 2.24) is 4.98 Å². The number of aryl methyl sites for hydroxylation is 1. The number of halogens is 1. The summed E-state index contributed by atoms with van der Waals surface area (Å²) >= 11 is 7.77. The standard InChI is InChI=1S/C24H20ClN3OS/c1-17-23(19-9-3-2-4-10-19)27-24(30-17)28-26-15-18-8-7-12-21(14-18)29-16-20-11-5-6-13-22(20)25/h2-15H,16H2,1H3,(H,27,28)/b26-15+. The molecule has 4 nitrogen and oxygen atoms in total. The van der Waals surface area contributed by atoms with Gasteiger partial charge in [0.15, 0.2) is 0 Å². The average Bonchev–Trinajstić information content (AvgIpc) is 3.14. The normalized spacial score (nSPS) is 11.0. The number of anilines is 1. The van der Waals surface area contributed by atoms with Crippen LogP contribution in [-0.4, -0.2) is 11.2 Å². The van der Waals surface area contributed by atoms with Crippen molar-refractivity contribution in [2.75, 3.05) is 5.43 Å². The van der Waals surface area contributed by atoms with E-state index < -0.39 is 0 Å². The number of nitrogens with one attached hydrogen (secondary N) is 1. The maximum absolute atomic E-state index is 6.19. The maximum Gasteiger partial charge on any atom is 0.204 e. The maximum atomic E-state index is 6.19. The molecule has 0 atom stereocenters. The van der Waals surface area contributed by atoms with Gasteiger partial charge < -0.3 is 4.74 Å². The molecule has 0 spiro atoms. The summed E-state index contributed by atoms with van der Waals surface area (Å²) in [5.41, 5.74) is 6.99. The van der Waals surface area contributed by atoms with Gasteiger partial charge in [-0.1, -0.05) is 72.3 Å². The second-order valence-corrected chi connectivity index (χ2v) is 8.22. The van der Waals surface area contributed by atoms with Crippen molar-refractivity contribution in [3.05, 3.63) is 99.9 Å². The summed E-state index contributed by atoms with van der Waals surface area (Å²) in [5.74, 6) is 0.760. The van der Waals surface area contributed by atoms with E-state index in [9.17, 15) is 0 Å². The zero-order valence-corrected chi connectivity index (χ0v) is 18.0. The molecule has 1 N–H and O–H groups in total. The predicted octanol–water partition coefficient (Wildman–Crippen LogP) is 6.80. The highest BCUT2D eigenvalue weighted by molar-refractivity contribution is 7.15. The number of hydrogen-bond acceptors (Lipinski definition) is 5. The Kier molecular flexibility index (Phi) is 6.42. The lowest BCUT2D eigenvalue weighted by Gasteiger charge is -2.08. The lowest BCUT2D eigenvalue weighted by atomic mass is 10.1. The molecule has 4 aromatic rings. The van der Waals surface area contributed by atoms with Crippen molar-refractivity contribution in [3.8, 4) is 17.0 Å². The molecule has 0 amide bonds. The van der Waals surface area contributed by atoms with Crippen LogP contribution >= 0.6 is 22.9 Å². The SMILES string of the molecule is Cc1sc(N/N=C/c2cccc(OCc3ccccc3Cl)c2)nc1-c1ccccc1. The van der Waals surface area contributed by atoms with E-state index in [4.69, 9.17) is 16.3 Å². The Morgan fingerprint density at radius 3 is 2.67 bits per heavy atom. The number of aromatic nitrogens is 1. The highest BCUT2D eigenvalue weighted by atomic mass is 35.5. The molecule has 0 aliphatic heterocycles. The lowest BCUT2D eigenvalue weighted by Crippen LogP contribution is -1.97. The fourth-order valence-corrected chi connectivity index (χ4v) is 3.91. The largest absolute Gasteiger partial charge is 0.489 e. The summed E-state index contributed by atoms with van der Waals surface area (Å²) in [7, 11) is 0. The first-order valence-corrected chi connectivity index (χ1v) is 10.7. The second kappa shape index (κ2) is 9.57. The van der Waals surface area contributed by atoms with Crippen LogP contribution in [0.15, 0.2) is 84.0 Å². The van der Waals surface area contributed by atoms with E-state index in [1.807, 2.05) is 66.7 Å². The van der Waals surface area contributed by atoms with E-state index >= 15 is 0 Å². The van der Waals surface area contributed by atoms with Crippen LogP contribution in [0.5, 0.6) is 5.75 Å². The van der Waals surface area contributed by atoms with E-state index in [1.54, 1.807) is 17.6 Å². The molecule has 0 unspecified atom stereocenters. The van der Waals surface area contributed by atoms with Gasteiger partial charge >= 0.3 is 0 Å². The Morgan fingerprint density at radius 1 is 1.03 bits per heavy atom. The quantitative estimate of drug-likeness (QED) is 0.257. The summed E-state index contributed by atoms with van der Waals surface area (Å²) in [6, 6.07) is 25.6. The molecule has 0 radical (unpaired) electrons. The first-order chi connectivity index (χ1) is 14.7. The third-order valence-corrected chi connectivity index (χ3v) is 5.67. The van der Waals surface area contributed by atoms with Crippen LogP contribution in [-0.2, 0) is 6.61 Å². The average molecular weight is 434 g/mol. The van der Waals surface area contributed by atoms with Crippen LogP contribution < -0.4 is 10.2 Å². The van der Waals surface area contributed by atoms with E-state index in [0.717, 1.165) is 38.1 Å². The second-order valence-electron chi connectivity index (χ2n) is 6.61. The Labute approximate surface area is 184 Å². The zero-order valence-electron chi connectivity index (χ0n) is 16.4. The highest BCUT2D eigenvalue weighted by Gasteiger charge is 2.08. The summed E-state index contributed by atoms with van der Waals surface area (Å²) < 4.78 is 5.87. The van der Waals surface area contributed by atoms with Crippen molar-refractivity contribution in [2.24, 2.45) is 5.10 Å². The minimum Gasteiger partial charge on any atom is -0.489 e. The molecule has 3 aromatic carbocycles. The molecule has 0 aliphatic rings. The monoisotopic (exact) mass is 433 g/mol. The van der Waals surface area contributed by atoms with Crippen LogP contribution in [0.4, 0.5) is 5.13 Å². The van der Waals surface area contributed by atoms with Crippen molar-refractivity contribution in [1.29, 1.82) is 0 Å². The van der Waals surface area contributed by atoms with Gasteiger partial charge in [0.25, 0.3) is 0 Å². The molecule has 0 fully saturated rings. The van der Waals surface area contributed by atoms with Gasteiger partial charge in [0, 0.05) is 21.0 Å². The summed E-state index contributed by atoms with van der Waals surface area (Å²) in [5, 5.41) is 5.79. The topological polar surface area (TPSA) is 46.5 Å². The zero-order chi connectivity index (χ0) is 20.8. The molecule has 6 heteroatoms. The van der Waals surface area contributed by atoms with Gasteiger partial charge in [-0.25, -0.2) is 4.98 Å². The number of rotatable bonds is 7. The fraction of sp³-hybridized carbons (Fsp3) is 0.0833. The van der Waals surface area contributed by atoms with Crippen molar-refractivity contribution in [2.45, 2.75) is 13.5 Å². The molecule has 1 heterocycles. The van der Waals surface area contributed by atoms with Gasteiger partial charge in [-0.2, -0.15) is 5.10 Å². The van der Waals surface area contributed by atoms with Crippen LogP contribution in [0.3, 0.4) is 0 Å². The van der Waals surface area contributed by atoms with E-state index in [2.05, 4.69) is 34.6 Å². The minimum absolute atomic E-state index is 0.416. The molecule has 0 saturated carbocycles. The van der Waals surface area contributed by atoms with Crippen LogP contribution in [0, 0.1) is 6.92 Å². The molecule has 1 aromatic heterocycles. The van der Waals surface area contributed by atoms with E-state index in [0.29, 0.717) is 11.6 Å². The lowest BCUT2D eigenvalue weighted by molar-refractivity contribution is 0.306. The molecule has 0 aliphatic carbocycles. The number of benzene rings is 3. The number of hydrazone groups is 1. The number of nitrogens with zero attached hydrogens (tertiary/aromatic N) is 2. The Morgan fingerprint density at radius 2 is 1.83 bits per heavy atom. The smallest absolute Gasteiger partial charge is 0.204 e. The summed E-state index contributed by atoms with van der Waals surface area (Å²) in [6.45, 7) is 2.48. The van der Waals surface area contributed by atoms with Crippen LogP contribution in [0.2, 0.25) is 5.02 Å². The van der Waals surface area contributed by atoms with Crippen molar-refractivity contribution in [3.63, 3.8) is 0 Å². The third kappa shape index (κ3) is 5.06. The molecule has 4 rings (SSSR count). The molecule has 0 bridgehead atoms. The first kappa shape index (κ1) is 20.1. The van der Waals surface area contributed by atoms with Gasteiger partial charge in [0.2, 0.25) is 5.13 Å². The molecular weight excluding hydrogens is 414 g/mol. The van der Waals surface area contributed by atoms with Gasteiger partial charge in [-0.05, 0) is 30.7 Å². The Bertz CT molecular complexity index is 1160. The first-order valence-electron chi connectivity index (χ1n) is 9.47. The minimum atomic E-state index is 0.416. The number of thiazole rings is 1. The molecule has 0 saturated heterocycles. The van der Waals surface area contributed by atoms with Gasteiger partial charge in [-0.3, -0.25) is 5.43 Å². The Balaban J connectivity index is 1.39. The van der Waals surface area contributed by atoms with Crippen LogP contribution in [0.25, 0.3) is 11.3 Å². The number of hydrogen-bond donors (Lipinski definition) is 1. The van der Waals surface area contributed by atoms with Gasteiger partial charge in [0.1, 0.15) is 12.4 Å². The van der Waals surface area contributed by atoms with Crippen LogP contribution in [0.1, 0.15) is 16.0 Å². The number of ether oxygens (including phenoxy) is 1.